The van der Waals surface area contributed by atoms with E-state index in [4.69, 9.17) is 11.6 Å². The highest BCUT2D eigenvalue weighted by Crippen LogP contribution is 2.22. The normalized spacial score (nSPS) is 21.9. The number of rotatable bonds is 2. The van der Waals surface area contributed by atoms with Crippen molar-refractivity contribution in [3.63, 3.8) is 0 Å². The van der Waals surface area contributed by atoms with Crippen molar-refractivity contribution in [1.82, 2.24) is 30.4 Å². The third-order valence-electron chi connectivity index (χ3n) is 3.64. The summed E-state index contributed by atoms with van der Waals surface area (Å²) in [6.07, 6.45) is 1.48. The van der Waals surface area contributed by atoms with Crippen LogP contribution in [0, 0.1) is 0 Å². The van der Waals surface area contributed by atoms with E-state index in [9.17, 15) is 4.79 Å². The zero-order valence-corrected chi connectivity index (χ0v) is 13.2. The topological polar surface area (TPSA) is 75.9 Å². The molecule has 22 heavy (non-hydrogen) atoms. The number of halogens is 1. The minimum absolute atomic E-state index is 0.0477. The molecule has 1 aliphatic heterocycles. The summed E-state index contributed by atoms with van der Waals surface area (Å²) in [6, 6.07) is 5.74. The van der Waals surface area contributed by atoms with Gasteiger partial charge in [0, 0.05) is 25.2 Å². The molecular weight excluding hydrogens is 304 g/mol. The van der Waals surface area contributed by atoms with Gasteiger partial charge in [0.05, 0.1) is 16.3 Å². The molecule has 1 amide bonds. The molecule has 0 unspecified atom stereocenters. The largest absolute Gasteiger partial charge is 0.336 e. The zero-order chi connectivity index (χ0) is 15.7. The molecule has 0 bridgehead atoms. The van der Waals surface area contributed by atoms with Crippen molar-refractivity contribution in [2.75, 3.05) is 13.1 Å². The Labute approximate surface area is 133 Å². The van der Waals surface area contributed by atoms with Crippen molar-refractivity contribution in [2.24, 2.45) is 0 Å². The molecule has 2 atom stereocenters. The van der Waals surface area contributed by atoms with Crippen molar-refractivity contribution in [1.29, 1.82) is 0 Å². The van der Waals surface area contributed by atoms with Gasteiger partial charge < -0.3 is 10.2 Å². The number of hydrogen-bond donors (Lipinski definition) is 1. The minimum Gasteiger partial charge on any atom is -0.336 e. The minimum atomic E-state index is -0.0477. The van der Waals surface area contributed by atoms with Crippen LogP contribution in [0.25, 0.3) is 5.69 Å². The van der Waals surface area contributed by atoms with Crippen molar-refractivity contribution in [3.05, 3.63) is 35.1 Å². The lowest BCUT2D eigenvalue weighted by Crippen LogP contribution is -2.55. The predicted molar refractivity (Wildman–Crippen MR) is 82.1 cm³/mol. The number of carbonyl (C=O) groups is 1. The van der Waals surface area contributed by atoms with Gasteiger partial charge in [-0.05, 0) is 42.5 Å². The second-order valence-corrected chi connectivity index (χ2v) is 6.00. The van der Waals surface area contributed by atoms with Crippen LogP contribution in [0.3, 0.4) is 0 Å². The van der Waals surface area contributed by atoms with E-state index in [-0.39, 0.29) is 18.0 Å². The Morgan fingerprint density at radius 1 is 1.32 bits per heavy atom. The smallest absolute Gasteiger partial charge is 0.255 e. The molecule has 1 aromatic carbocycles. The van der Waals surface area contributed by atoms with Crippen molar-refractivity contribution in [2.45, 2.75) is 25.9 Å². The molecule has 1 aliphatic rings. The zero-order valence-electron chi connectivity index (χ0n) is 12.4. The molecule has 1 fully saturated rings. The van der Waals surface area contributed by atoms with Crippen LogP contribution in [0.2, 0.25) is 5.02 Å². The van der Waals surface area contributed by atoms with E-state index >= 15 is 0 Å². The van der Waals surface area contributed by atoms with Crippen LogP contribution >= 0.6 is 11.6 Å². The molecular formula is C14H17ClN6O. The van der Waals surface area contributed by atoms with Gasteiger partial charge in [0.1, 0.15) is 6.33 Å². The van der Waals surface area contributed by atoms with Crippen LogP contribution in [-0.4, -0.2) is 56.2 Å². The fourth-order valence-corrected chi connectivity index (χ4v) is 3.02. The third-order valence-corrected chi connectivity index (χ3v) is 3.95. The molecule has 0 spiro atoms. The van der Waals surface area contributed by atoms with Gasteiger partial charge in [-0.1, -0.05) is 11.6 Å². The van der Waals surface area contributed by atoms with E-state index in [1.807, 2.05) is 4.90 Å². The van der Waals surface area contributed by atoms with Gasteiger partial charge >= 0.3 is 0 Å². The second-order valence-electron chi connectivity index (χ2n) is 5.60. The number of nitrogens with zero attached hydrogens (tertiary/aromatic N) is 5. The Hall–Kier alpha value is -1.99. The van der Waals surface area contributed by atoms with Crippen molar-refractivity contribution >= 4 is 17.5 Å². The Kier molecular flexibility index (Phi) is 4.08. The lowest BCUT2D eigenvalue weighted by atomic mass is 10.1. The Bertz CT molecular complexity index is 664. The first-order chi connectivity index (χ1) is 10.5. The lowest BCUT2D eigenvalue weighted by Gasteiger charge is -2.36. The van der Waals surface area contributed by atoms with Crippen molar-refractivity contribution in [3.8, 4) is 5.69 Å². The van der Waals surface area contributed by atoms with Crippen LogP contribution in [0.1, 0.15) is 24.2 Å². The number of amides is 1. The Morgan fingerprint density at radius 2 is 2.05 bits per heavy atom. The van der Waals surface area contributed by atoms with Gasteiger partial charge in [0.15, 0.2) is 0 Å². The second kappa shape index (κ2) is 6.02. The predicted octanol–water partition coefficient (Wildman–Crippen LogP) is 1.14. The molecule has 7 nitrogen and oxygen atoms in total. The lowest BCUT2D eigenvalue weighted by molar-refractivity contribution is 0.0674. The summed E-state index contributed by atoms with van der Waals surface area (Å²) in [5.41, 5.74) is 1.22. The highest BCUT2D eigenvalue weighted by molar-refractivity contribution is 6.34. The quantitative estimate of drug-likeness (QED) is 0.898. The van der Waals surface area contributed by atoms with Crippen molar-refractivity contribution < 1.29 is 4.79 Å². The summed E-state index contributed by atoms with van der Waals surface area (Å²) in [5, 5.41) is 14.8. The van der Waals surface area contributed by atoms with Crippen LogP contribution < -0.4 is 5.32 Å². The number of tetrazole rings is 1. The first-order valence-corrected chi connectivity index (χ1v) is 7.50. The first-order valence-electron chi connectivity index (χ1n) is 7.13. The van der Waals surface area contributed by atoms with Gasteiger partial charge in [-0.2, -0.15) is 0 Å². The third kappa shape index (κ3) is 2.95. The molecule has 0 radical (unpaired) electrons. The highest BCUT2D eigenvalue weighted by atomic mass is 35.5. The molecule has 2 heterocycles. The van der Waals surface area contributed by atoms with E-state index < -0.39 is 0 Å². The summed E-state index contributed by atoms with van der Waals surface area (Å²) in [6.45, 7) is 5.49. The molecule has 1 saturated heterocycles. The average Bonchev–Trinajstić information content (AvgIpc) is 2.99. The SMILES string of the molecule is C[C@H]1CN(C(=O)c2ccc(-n3cnnn3)cc2Cl)C[C@H](C)N1. The van der Waals surface area contributed by atoms with Gasteiger partial charge in [0.2, 0.25) is 0 Å². The summed E-state index contributed by atoms with van der Waals surface area (Å²) in [4.78, 5) is 14.5. The molecule has 1 N–H and O–H groups in total. The molecule has 1 aromatic heterocycles. The molecule has 2 aromatic rings. The summed E-state index contributed by atoms with van der Waals surface area (Å²) in [7, 11) is 0. The number of piperazine rings is 1. The maximum Gasteiger partial charge on any atom is 0.255 e. The van der Waals surface area contributed by atoms with E-state index in [2.05, 4.69) is 34.7 Å². The Morgan fingerprint density at radius 3 is 2.64 bits per heavy atom. The number of benzene rings is 1. The molecule has 0 saturated carbocycles. The maximum absolute atomic E-state index is 12.7. The van der Waals surface area contributed by atoms with Gasteiger partial charge in [-0.3, -0.25) is 4.79 Å². The highest BCUT2D eigenvalue weighted by Gasteiger charge is 2.26. The fourth-order valence-electron chi connectivity index (χ4n) is 2.76. The van der Waals surface area contributed by atoms with Crippen LogP contribution in [0.5, 0.6) is 0 Å². The number of carbonyl (C=O) groups excluding carboxylic acids is 1. The summed E-state index contributed by atoms with van der Waals surface area (Å²) < 4.78 is 1.50. The molecule has 0 aliphatic carbocycles. The summed E-state index contributed by atoms with van der Waals surface area (Å²) in [5.74, 6) is -0.0477. The van der Waals surface area contributed by atoms with Crippen LogP contribution in [0.4, 0.5) is 0 Å². The number of nitrogens with one attached hydrogen (secondary N) is 1. The molecule has 116 valence electrons. The standard InChI is InChI=1S/C14H17ClN6O/c1-9-6-20(7-10(2)17-9)14(22)12-4-3-11(5-13(12)15)21-8-16-18-19-21/h3-5,8-10,17H,6-7H2,1-2H3/t9-,10-/m0/s1. The van der Waals surface area contributed by atoms with Crippen LogP contribution in [0.15, 0.2) is 24.5 Å². The molecule has 3 rings (SSSR count). The first kappa shape index (κ1) is 14.9. The number of aromatic nitrogens is 4. The van der Waals surface area contributed by atoms with E-state index in [0.29, 0.717) is 29.4 Å². The maximum atomic E-state index is 12.7. The van der Waals surface area contributed by atoms with E-state index in [1.54, 1.807) is 18.2 Å². The van der Waals surface area contributed by atoms with E-state index in [0.717, 1.165) is 0 Å². The Balaban J connectivity index is 1.84. The van der Waals surface area contributed by atoms with Gasteiger partial charge in [-0.15, -0.1) is 5.10 Å². The average molecular weight is 321 g/mol. The van der Waals surface area contributed by atoms with E-state index in [1.165, 1.54) is 11.0 Å². The van der Waals surface area contributed by atoms with Gasteiger partial charge in [-0.25, -0.2) is 4.68 Å². The monoisotopic (exact) mass is 320 g/mol. The van der Waals surface area contributed by atoms with Gasteiger partial charge in [0.25, 0.3) is 5.91 Å². The number of hydrogen-bond acceptors (Lipinski definition) is 5. The van der Waals surface area contributed by atoms with Crippen LogP contribution in [-0.2, 0) is 0 Å². The molecule has 8 heteroatoms. The fraction of sp³-hybridized carbons (Fsp3) is 0.429. The summed E-state index contributed by atoms with van der Waals surface area (Å²) >= 11 is 6.29.